The van der Waals surface area contributed by atoms with Crippen LogP contribution in [-0.4, -0.2) is 37.2 Å². The van der Waals surface area contributed by atoms with Gasteiger partial charge in [0, 0.05) is 6.42 Å². The van der Waals surface area contributed by atoms with Gasteiger partial charge in [-0.25, -0.2) is 0 Å². The third kappa shape index (κ3) is 38.6. The molecule has 0 radical (unpaired) electrons. The van der Waals surface area contributed by atoms with E-state index in [0.29, 0.717) is 12.8 Å². The molecule has 0 aliphatic heterocycles. The lowest BCUT2D eigenvalue weighted by molar-refractivity contribution is -0.166. The number of carbonyl (C=O) groups excluding carboxylic acids is 3. The topological polar surface area (TPSA) is 78.9 Å². The highest BCUT2D eigenvalue weighted by atomic mass is 16.6. The van der Waals surface area contributed by atoms with Gasteiger partial charge in [-0.15, -0.1) is 0 Å². The first-order valence-electron chi connectivity index (χ1n) is 19.7. The molecule has 6 nitrogen and oxygen atoms in total. The van der Waals surface area contributed by atoms with Gasteiger partial charge in [0.25, 0.3) is 0 Å². The number of hydrogen-bond acceptors (Lipinski definition) is 6. The first-order valence-corrected chi connectivity index (χ1v) is 19.7. The molecule has 0 aliphatic carbocycles. The summed E-state index contributed by atoms with van der Waals surface area (Å²) in [6.45, 7) is 5.98. The molecule has 292 valence electrons. The van der Waals surface area contributed by atoms with E-state index in [4.69, 9.17) is 14.2 Å². The smallest absolute Gasteiger partial charge is 0.310 e. The average Bonchev–Trinajstić information content (AvgIpc) is 3.15. The molecule has 0 aliphatic rings. The van der Waals surface area contributed by atoms with Gasteiger partial charge >= 0.3 is 17.9 Å². The highest BCUT2D eigenvalue weighted by Gasteiger charge is 2.18. The molecule has 53 heavy (non-hydrogen) atoms. The third-order valence-corrected chi connectivity index (χ3v) is 7.20. The van der Waals surface area contributed by atoms with Crippen molar-refractivity contribution >= 4 is 17.9 Å². The minimum atomic E-state index is -0.886. The van der Waals surface area contributed by atoms with Crippen molar-refractivity contribution in [3.63, 3.8) is 0 Å². The Morgan fingerprint density at radius 1 is 0.396 bits per heavy atom. The standard InChI is InChI=1S/C47H68O6/c1-4-7-10-13-16-19-20-21-22-23-24-25-26-29-31-34-37-40-46(49)52-43-44(53-47(50)41-38-35-32-28-18-15-12-9-6-3)42-51-45(48)39-36-33-30-27-17-14-11-8-5-2/h7-12,16-19,21-22,24-25,27-29,31,33,35-36,38,44H,4-6,13-15,20,23,26,30,32,34,37,39-43H2,1-3H3/b10-7-,11-8-,12-9-,19-16-,22-21-,25-24-,27-17-,28-18-,31-29-,36-33-,38-35-. The van der Waals surface area contributed by atoms with Crippen molar-refractivity contribution in [2.45, 2.75) is 130 Å². The van der Waals surface area contributed by atoms with Crippen LogP contribution in [0.15, 0.2) is 134 Å². The summed E-state index contributed by atoms with van der Waals surface area (Å²) in [5, 5.41) is 0. The summed E-state index contributed by atoms with van der Waals surface area (Å²) in [6.07, 6.45) is 56.6. The molecule has 1 atom stereocenters. The summed E-state index contributed by atoms with van der Waals surface area (Å²) in [5.41, 5.74) is 0. The molecule has 0 N–H and O–H groups in total. The quantitative estimate of drug-likeness (QED) is 0.0297. The second kappa shape index (κ2) is 40.3. The van der Waals surface area contributed by atoms with E-state index in [9.17, 15) is 14.4 Å². The lowest BCUT2D eigenvalue weighted by Gasteiger charge is -2.17. The fourth-order valence-corrected chi connectivity index (χ4v) is 4.36. The van der Waals surface area contributed by atoms with E-state index in [1.165, 1.54) is 0 Å². The summed E-state index contributed by atoms with van der Waals surface area (Å²) >= 11 is 0. The molecule has 0 aromatic rings. The monoisotopic (exact) mass is 729 g/mol. The van der Waals surface area contributed by atoms with Crippen LogP contribution in [0.3, 0.4) is 0 Å². The van der Waals surface area contributed by atoms with Crippen molar-refractivity contribution in [2.24, 2.45) is 0 Å². The zero-order chi connectivity index (χ0) is 38.7. The van der Waals surface area contributed by atoms with Gasteiger partial charge in [-0.3, -0.25) is 14.4 Å². The fourth-order valence-electron chi connectivity index (χ4n) is 4.36. The second-order valence-corrected chi connectivity index (χ2v) is 12.1. The number of hydrogen-bond donors (Lipinski definition) is 0. The molecule has 0 aromatic heterocycles. The van der Waals surface area contributed by atoms with Crippen LogP contribution < -0.4 is 0 Å². The zero-order valence-corrected chi connectivity index (χ0v) is 33.0. The van der Waals surface area contributed by atoms with E-state index >= 15 is 0 Å². The number of unbranched alkanes of at least 4 members (excludes halogenated alkanes) is 1. The number of carbonyl (C=O) groups is 3. The van der Waals surface area contributed by atoms with Crippen molar-refractivity contribution in [3.05, 3.63) is 134 Å². The second-order valence-electron chi connectivity index (χ2n) is 12.1. The van der Waals surface area contributed by atoms with Crippen molar-refractivity contribution in [1.82, 2.24) is 0 Å². The summed E-state index contributed by atoms with van der Waals surface area (Å²) in [6, 6.07) is 0. The SMILES string of the molecule is CC/C=C\C/C=C\C/C=C\C/C=C\C/C=C\CCCC(=O)OCC(COC(=O)C/C=C\C/C=C\C/C=C\CC)OC(=O)C/C=C\C/C=C\C/C=C\CC. The van der Waals surface area contributed by atoms with Gasteiger partial charge < -0.3 is 14.2 Å². The highest BCUT2D eigenvalue weighted by Crippen LogP contribution is 2.06. The molecule has 0 amide bonds. The first kappa shape index (κ1) is 48.5. The molecule has 0 saturated heterocycles. The molecule has 0 saturated carbocycles. The Labute approximate surface area is 322 Å². The van der Waals surface area contributed by atoms with E-state index in [1.54, 1.807) is 12.2 Å². The Morgan fingerprint density at radius 3 is 1.11 bits per heavy atom. The number of allylic oxidation sites excluding steroid dienone is 20. The summed E-state index contributed by atoms with van der Waals surface area (Å²) in [7, 11) is 0. The van der Waals surface area contributed by atoms with Crippen LogP contribution in [0.1, 0.15) is 124 Å². The maximum atomic E-state index is 12.5. The molecule has 0 rings (SSSR count). The maximum Gasteiger partial charge on any atom is 0.310 e. The van der Waals surface area contributed by atoms with Gasteiger partial charge in [0.15, 0.2) is 6.10 Å². The van der Waals surface area contributed by atoms with Crippen LogP contribution in [0.4, 0.5) is 0 Å². The maximum absolute atomic E-state index is 12.5. The van der Waals surface area contributed by atoms with Crippen molar-refractivity contribution < 1.29 is 28.6 Å². The Kier molecular flexibility index (Phi) is 36.9. The summed E-state index contributed by atoms with van der Waals surface area (Å²) < 4.78 is 16.3. The molecule has 0 fully saturated rings. The van der Waals surface area contributed by atoms with E-state index in [0.717, 1.165) is 70.6 Å². The van der Waals surface area contributed by atoms with E-state index in [1.807, 2.05) is 24.3 Å². The Bertz CT molecular complexity index is 1250. The number of esters is 3. The van der Waals surface area contributed by atoms with Crippen molar-refractivity contribution in [1.29, 1.82) is 0 Å². The van der Waals surface area contributed by atoms with Gasteiger partial charge in [-0.05, 0) is 83.5 Å². The predicted octanol–water partition coefficient (Wildman–Crippen LogP) is 12.4. The highest BCUT2D eigenvalue weighted by molar-refractivity contribution is 5.72. The number of ether oxygens (including phenoxy) is 3. The Morgan fingerprint density at radius 2 is 0.717 bits per heavy atom. The zero-order valence-electron chi connectivity index (χ0n) is 33.0. The third-order valence-electron chi connectivity index (χ3n) is 7.20. The summed E-state index contributed by atoms with van der Waals surface area (Å²) in [4.78, 5) is 37.3. The lowest BCUT2D eigenvalue weighted by atomic mass is 10.2. The Balaban J connectivity index is 4.62. The molecule has 0 heterocycles. The number of rotatable bonds is 32. The molecular formula is C47H68O6. The van der Waals surface area contributed by atoms with Gasteiger partial charge in [0.2, 0.25) is 0 Å². The first-order chi connectivity index (χ1) is 26.0. The molecular weight excluding hydrogens is 661 g/mol. The van der Waals surface area contributed by atoms with Gasteiger partial charge in [0.1, 0.15) is 13.2 Å². The minimum Gasteiger partial charge on any atom is -0.462 e. The van der Waals surface area contributed by atoms with Crippen LogP contribution in [0.5, 0.6) is 0 Å². The molecule has 0 bridgehead atoms. The van der Waals surface area contributed by atoms with Crippen molar-refractivity contribution in [2.75, 3.05) is 13.2 Å². The summed E-state index contributed by atoms with van der Waals surface area (Å²) in [5.74, 6) is -1.31. The molecule has 6 heteroatoms. The predicted molar refractivity (Wildman–Crippen MR) is 223 cm³/mol. The molecule has 0 aromatic carbocycles. The van der Waals surface area contributed by atoms with Crippen LogP contribution in [-0.2, 0) is 28.6 Å². The van der Waals surface area contributed by atoms with Gasteiger partial charge in [0.05, 0.1) is 12.8 Å². The van der Waals surface area contributed by atoms with Gasteiger partial charge in [-0.2, -0.15) is 0 Å². The average molecular weight is 729 g/mol. The van der Waals surface area contributed by atoms with Crippen LogP contribution in [0, 0.1) is 0 Å². The normalized spacial score (nSPS) is 13.5. The minimum absolute atomic E-state index is 0.0692. The lowest BCUT2D eigenvalue weighted by Crippen LogP contribution is -2.30. The van der Waals surface area contributed by atoms with E-state index in [-0.39, 0.29) is 38.4 Å². The molecule has 0 spiro atoms. The van der Waals surface area contributed by atoms with E-state index < -0.39 is 18.0 Å². The van der Waals surface area contributed by atoms with Crippen LogP contribution in [0.25, 0.3) is 0 Å². The largest absolute Gasteiger partial charge is 0.462 e. The van der Waals surface area contributed by atoms with E-state index in [2.05, 4.69) is 118 Å². The fraction of sp³-hybridized carbons (Fsp3) is 0.468. The van der Waals surface area contributed by atoms with Crippen molar-refractivity contribution in [3.8, 4) is 0 Å². The van der Waals surface area contributed by atoms with Gasteiger partial charge in [-0.1, -0.05) is 154 Å². The molecule has 1 unspecified atom stereocenters. The van der Waals surface area contributed by atoms with Crippen LogP contribution in [0.2, 0.25) is 0 Å². The Hall–Kier alpha value is -4.45. The van der Waals surface area contributed by atoms with Crippen LogP contribution >= 0.6 is 0 Å².